The molecule has 0 saturated heterocycles. The van der Waals surface area contributed by atoms with E-state index in [0.717, 1.165) is 11.1 Å². The van der Waals surface area contributed by atoms with Crippen LogP contribution in [0.2, 0.25) is 0 Å². The van der Waals surface area contributed by atoms with E-state index in [4.69, 9.17) is 9.15 Å². The number of benzene rings is 1. The van der Waals surface area contributed by atoms with E-state index in [2.05, 4.69) is 15.4 Å². The first-order chi connectivity index (χ1) is 10.3. The summed E-state index contributed by atoms with van der Waals surface area (Å²) in [5, 5.41) is 10.5. The van der Waals surface area contributed by atoms with Gasteiger partial charge in [0.05, 0.1) is 12.9 Å². The fraction of sp³-hybridized carbons (Fsp3) is 0.133. The van der Waals surface area contributed by atoms with E-state index in [9.17, 15) is 4.79 Å². The van der Waals surface area contributed by atoms with Crippen molar-refractivity contribution < 1.29 is 13.9 Å². The van der Waals surface area contributed by atoms with Gasteiger partial charge in [0, 0.05) is 11.1 Å². The van der Waals surface area contributed by atoms with Crippen molar-refractivity contribution in [3.63, 3.8) is 0 Å². The van der Waals surface area contributed by atoms with Gasteiger partial charge in [-0.2, -0.15) is 10.3 Å². The van der Waals surface area contributed by atoms with Crippen LogP contribution in [0.4, 0.5) is 0 Å². The maximum atomic E-state index is 11.9. The number of hydrogen-bond acceptors (Lipinski definition) is 5. The molecule has 1 N–H and O–H groups in total. The quantitative estimate of drug-likeness (QED) is 0.744. The van der Waals surface area contributed by atoms with Crippen LogP contribution in [0, 0.1) is 0 Å². The molecular formula is C15H13N3O3. The van der Waals surface area contributed by atoms with Crippen molar-refractivity contribution in [1.29, 1.82) is 0 Å². The molecule has 2 heterocycles. The van der Waals surface area contributed by atoms with Crippen LogP contribution < -0.4 is 0 Å². The molecule has 0 amide bonds. The smallest absolute Gasteiger partial charge is 0.361 e. The number of esters is 1. The lowest BCUT2D eigenvalue weighted by Crippen LogP contribution is -2.07. The average Bonchev–Trinajstić information content (AvgIpc) is 3.19. The number of furan rings is 1. The summed E-state index contributed by atoms with van der Waals surface area (Å²) >= 11 is 0. The predicted molar refractivity (Wildman–Crippen MR) is 75.5 cm³/mol. The molecule has 0 aliphatic heterocycles. The number of nitrogens with zero attached hydrogens (tertiary/aromatic N) is 2. The molecule has 3 rings (SSSR count). The zero-order valence-corrected chi connectivity index (χ0v) is 11.4. The minimum absolute atomic E-state index is 0.163. The summed E-state index contributed by atoms with van der Waals surface area (Å²) in [5.74, 6) is 0.193. The second-order valence-electron chi connectivity index (χ2n) is 4.26. The van der Waals surface area contributed by atoms with Gasteiger partial charge in [-0.25, -0.2) is 4.79 Å². The molecule has 0 aliphatic carbocycles. The van der Waals surface area contributed by atoms with Crippen LogP contribution in [0.3, 0.4) is 0 Å². The SMILES string of the molecule is CCOC(=O)c1n[nH]nc1-c1ccccc1-c1ccco1. The van der Waals surface area contributed by atoms with Gasteiger partial charge in [-0.05, 0) is 19.1 Å². The average molecular weight is 283 g/mol. The number of hydrogen-bond donors (Lipinski definition) is 1. The Labute approximate surface area is 120 Å². The number of ether oxygens (including phenoxy) is 1. The van der Waals surface area contributed by atoms with Crippen LogP contribution in [0.5, 0.6) is 0 Å². The predicted octanol–water partition coefficient (Wildman–Crippen LogP) is 2.91. The van der Waals surface area contributed by atoms with Crippen LogP contribution in [0.15, 0.2) is 47.1 Å². The van der Waals surface area contributed by atoms with E-state index < -0.39 is 5.97 Å². The Balaban J connectivity index is 2.10. The topological polar surface area (TPSA) is 81.0 Å². The molecule has 6 nitrogen and oxygen atoms in total. The molecule has 0 bridgehead atoms. The first-order valence-electron chi connectivity index (χ1n) is 6.52. The summed E-state index contributed by atoms with van der Waals surface area (Å²) in [5.41, 5.74) is 2.20. The van der Waals surface area contributed by atoms with Crippen LogP contribution >= 0.6 is 0 Å². The third-order valence-electron chi connectivity index (χ3n) is 2.99. The fourth-order valence-corrected chi connectivity index (χ4v) is 2.10. The van der Waals surface area contributed by atoms with Gasteiger partial charge < -0.3 is 9.15 Å². The number of carbonyl (C=O) groups excluding carboxylic acids is 1. The lowest BCUT2D eigenvalue weighted by atomic mass is 10.0. The molecule has 0 aliphatic rings. The van der Waals surface area contributed by atoms with Crippen LogP contribution in [-0.2, 0) is 4.74 Å². The Morgan fingerprint density at radius 2 is 2.00 bits per heavy atom. The Bertz CT molecular complexity index is 747. The Morgan fingerprint density at radius 1 is 1.19 bits per heavy atom. The number of H-pyrrole nitrogens is 1. The standard InChI is InChI=1S/C15H13N3O3/c1-2-20-15(19)14-13(16-18-17-14)11-7-4-3-6-10(11)12-8-5-9-21-12/h3-9H,2H2,1H3,(H,16,17,18). The number of carbonyl (C=O) groups is 1. The molecule has 2 aromatic heterocycles. The van der Waals surface area contributed by atoms with Gasteiger partial charge >= 0.3 is 5.97 Å². The van der Waals surface area contributed by atoms with E-state index in [1.807, 2.05) is 30.3 Å². The molecule has 0 fully saturated rings. The van der Waals surface area contributed by atoms with Crippen molar-refractivity contribution in [3.05, 3.63) is 48.4 Å². The second-order valence-corrected chi connectivity index (χ2v) is 4.26. The van der Waals surface area contributed by atoms with Gasteiger partial charge in [-0.1, -0.05) is 24.3 Å². The van der Waals surface area contributed by atoms with E-state index >= 15 is 0 Å². The fourth-order valence-electron chi connectivity index (χ4n) is 2.10. The third-order valence-corrected chi connectivity index (χ3v) is 2.99. The molecule has 0 unspecified atom stereocenters. The van der Waals surface area contributed by atoms with Crippen LogP contribution in [-0.4, -0.2) is 28.0 Å². The molecule has 1 aromatic carbocycles. The summed E-state index contributed by atoms with van der Waals surface area (Å²) in [6, 6.07) is 11.2. The van der Waals surface area contributed by atoms with Crippen molar-refractivity contribution in [2.75, 3.05) is 6.61 Å². The third kappa shape index (κ3) is 2.43. The Hall–Kier alpha value is -2.89. The Kier molecular flexibility index (Phi) is 3.51. The van der Waals surface area contributed by atoms with Crippen molar-refractivity contribution in [2.24, 2.45) is 0 Å². The molecular weight excluding hydrogens is 270 g/mol. The first kappa shape index (κ1) is 13.1. The van der Waals surface area contributed by atoms with Crippen molar-refractivity contribution in [2.45, 2.75) is 6.92 Å². The molecule has 0 atom stereocenters. The van der Waals surface area contributed by atoms with Gasteiger partial charge in [-0.3, -0.25) is 0 Å². The molecule has 0 spiro atoms. The van der Waals surface area contributed by atoms with Crippen molar-refractivity contribution in [3.8, 4) is 22.6 Å². The summed E-state index contributed by atoms with van der Waals surface area (Å²) in [6.07, 6.45) is 1.60. The first-order valence-corrected chi connectivity index (χ1v) is 6.52. The van der Waals surface area contributed by atoms with Gasteiger partial charge in [0.1, 0.15) is 11.5 Å². The molecule has 0 radical (unpaired) electrons. The molecule has 6 heteroatoms. The highest BCUT2D eigenvalue weighted by Gasteiger charge is 2.21. The van der Waals surface area contributed by atoms with Gasteiger partial charge in [0.25, 0.3) is 0 Å². The monoisotopic (exact) mass is 283 g/mol. The summed E-state index contributed by atoms with van der Waals surface area (Å²) in [4.78, 5) is 11.9. The maximum absolute atomic E-state index is 11.9. The summed E-state index contributed by atoms with van der Waals surface area (Å²) in [6.45, 7) is 2.03. The zero-order valence-electron chi connectivity index (χ0n) is 11.4. The lowest BCUT2D eigenvalue weighted by molar-refractivity contribution is 0.0520. The summed E-state index contributed by atoms with van der Waals surface area (Å²) < 4.78 is 10.4. The number of nitrogens with one attached hydrogen (secondary N) is 1. The molecule has 21 heavy (non-hydrogen) atoms. The minimum atomic E-state index is -0.504. The van der Waals surface area contributed by atoms with Crippen LogP contribution in [0.25, 0.3) is 22.6 Å². The second kappa shape index (κ2) is 5.62. The number of aromatic amines is 1. The summed E-state index contributed by atoms with van der Waals surface area (Å²) in [7, 11) is 0. The van der Waals surface area contributed by atoms with E-state index in [1.165, 1.54) is 0 Å². The van der Waals surface area contributed by atoms with Gasteiger partial charge in [0.2, 0.25) is 0 Å². The zero-order chi connectivity index (χ0) is 14.7. The molecule has 3 aromatic rings. The van der Waals surface area contributed by atoms with Crippen molar-refractivity contribution >= 4 is 5.97 Å². The molecule has 0 saturated carbocycles. The largest absolute Gasteiger partial charge is 0.464 e. The van der Waals surface area contributed by atoms with Crippen molar-refractivity contribution in [1.82, 2.24) is 15.4 Å². The number of rotatable bonds is 4. The Morgan fingerprint density at radius 3 is 2.71 bits per heavy atom. The lowest BCUT2D eigenvalue weighted by Gasteiger charge is -2.06. The highest BCUT2D eigenvalue weighted by molar-refractivity contribution is 5.96. The van der Waals surface area contributed by atoms with E-state index in [0.29, 0.717) is 11.5 Å². The highest BCUT2D eigenvalue weighted by Crippen LogP contribution is 2.32. The molecule has 106 valence electrons. The highest BCUT2D eigenvalue weighted by atomic mass is 16.5. The van der Waals surface area contributed by atoms with Gasteiger partial charge in [0.15, 0.2) is 5.69 Å². The van der Waals surface area contributed by atoms with Gasteiger partial charge in [-0.15, -0.1) is 5.10 Å². The number of aromatic nitrogens is 3. The van der Waals surface area contributed by atoms with E-state index in [1.54, 1.807) is 19.3 Å². The minimum Gasteiger partial charge on any atom is -0.464 e. The maximum Gasteiger partial charge on any atom is 0.361 e. The van der Waals surface area contributed by atoms with Crippen LogP contribution in [0.1, 0.15) is 17.4 Å². The normalized spacial score (nSPS) is 10.5. The van der Waals surface area contributed by atoms with E-state index in [-0.39, 0.29) is 12.3 Å².